The third-order valence-electron chi connectivity index (χ3n) is 4.74. The highest BCUT2D eigenvalue weighted by atomic mass is 16.5. The molecule has 0 atom stereocenters. The zero-order valence-electron chi connectivity index (χ0n) is 16.6. The first kappa shape index (κ1) is 20.5. The van der Waals surface area contributed by atoms with Gasteiger partial charge >= 0.3 is 5.97 Å². The highest BCUT2D eigenvalue weighted by Crippen LogP contribution is 2.19. The van der Waals surface area contributed by atoms with Gasteiger partial charge in [-0.15, -0.1) is 0 Å². The van der Waals surface area contributed by atoms with Crippen molar-refractivity contribution in [1.82, 2.24) is 20.1 Å². The minimum atomic E-state index is -0.389. The predicted octanol–water partition coefficient (Wildman–Crippen LogP) is 1.56. The van der Waals surface area contributed by atoms with E-state index in [-0.39, 0.29) is 18.0 Å². The Kier molecular flexibility index (Phi) is 7.23. The van der Waals surface area contributed by atoms with Crippen LogP contribution in [0.15, 0.2) is 0 Å². The second-order valence-corrected chi connectivity index (χ2v) is 7.33. The van der Waals surface area contributed by atoms with Crippen molar-refractivity contribution in [2.45, 2.75) is 40.2 Å². The summed E-state index contributed by atoms with van der Waals surface area (Å²) in [5.41, 5.74) is 2.21. The molecule has 0 aromatic carbocycles. The summed E-state index contributed by atoms with van der Waals surface area (Å²) in [5.74, 6) is -0.562. The Labute approximate surface area is 156 Å². The van der Waals surface area contributed by atoms with E-state index in [1.54, 1.807) is 13.8 Å². The number of H-pyrrole nitrogens is 1. The molecule has 1 fully saturated rings. The molecule has 7 heteroatoms. The van der Waals surface area contributed by atoms with Crippen molar-refractivity contribution in [3.63, 3.8) is 0 Å². The number of esters is 1. The monoisotopic (exact) mass is 364 g/mol. The summed E-state index contributed by atoms with van der Waals surface area (Å²) in [4.78, 5) is 32.5. The topological polar surface area (TPSA) is 77.7 Å². The molecule has 1 aromatic rings. The first-order chi connectivity index (χ1) is 12.3. The molecule has 1 aromatic heterocycles. The van der Waals surface area contributed by atoms with Crippen LogP contribution >= 0.6 is 0 Å². The third kappa shape index (κ3) is 5.32. The normalized spacial score (nSPS) is 16.1. The Hall–Kier alpha value is -1.86. The van der Waals surface area contributed by atoms with Gasteiger partial charge in [-0.25, -0.2) is 4.79 Å². The molecule has 0 aliphatic carbocycles. The maximum atomic E-state index is 12.5. The van der Waals surface area contributed by atoms with Crippen molar-refractivity contribution < 1.29 is 14.3 Å². The summed E-state index contributed by atoms with van der Waals surface area (Å²) in [6.45, 7) is 13.2. The van der Waals surface area contributed by atoms with Crippen molar-refractivity contribution in [1.29, 1.82) is 0 Å². The zero-order chi connectivity index (χ0) is 19.3. The van der Waals surface area contributed by atoms with Gasteiger partial charge in [-0.3, -0.25) is 4.79 Å². The number of amides is 1. The molecule has 2 heterocycles. The Morgan fingerprint density at radius 3 is 2.46 bits per heavy atom. The number of nitrogens with one attached hydrogen (secondary N) is 2. The predicted molar refractivity (Wildman–Crippen MR) is 102 cm³/mol. The molecule has 0 spiro atoms. The van der Waals surface area contributed by atoms with E-state index in [0.29, 0.717) is 29.1 Å². The number of aromatic nitrogens is 1. The molecule has 2 rings (SSSR count). The van der Waals surface area contributed by atoms with E-state index in [2.05, 4.69) is 27.1 Å². The van der Waals surface area contributed by atoms with Crippen molar-refractivity contribution in [3.8, 4) is 0 Å². The fourth-order valence-electron chi connectivity index (χ4n) is 3.22. The van der Waals surface area contributed by atoms with Gasteiger partial charge in [-0.2, -0.15) is 0 Å². The second kappa shape index (κ2) is 9.19. The van der Waals surface area contributed by atoms with Crippen molar-refractivity contribution in [2.24, 2.45) is 0 Å². The Balaban J connectivity index is 1.85. The van der Waals surface area contributed by atoms with E-state index in [0.717, 1.165) is 39.1 Å². The average molecular weight is 364 g/mol. The lowest BCUT2D eigenvalue weighted by molar-refractivity contribution is 0.0376. The fraction of sp³-hybridized carbons (Fsp3) is 0.684. The first-order valence-corrected chi connectivity index (χ1v) is 9.38. The van der Waals surface area contributed by atoms with E-state index < -0.39 is 0 Å². The number of aromatic amines is 1. The van der Waals surface area contributed by atoms with Gasteiger partial charge in [0.25, 0.3) is 5.91 Å². The molecular formula is C19H32N4O3. The minimum absolute atomic E-state index is 0.174. The molecule has 1 aliphatic heterocycles. The van der Waals surface area contributed by atoms with Crippen LogP contribution in [-0.4, -0.2) is 79.1 Å². The van der Waals surface area contributed by atoms with E-state index in [4.69, 9.17) is 4.74 Å². The molecule has 0 saturated carbocycles. The number of carbonyl (C=O) groups excluding carboxylic acids is 2. The zero-order valence-corrected chi connectivity index (χ0v) is 16.6. The molecule has 0 bridgehead atoms. The van der Waals surface area contributed by atoms with Crippen LogP contribution in [0.4, 0.5) is 0 Å². The van der Waals surface area contributed by atoms with Crippen molar-refractivity contribution >= 4 is 11.9 Å². The van der Waals surface area contributed by atoms with E-state index in [1.807, 2.05) is 13.8 Å². The van der Waals surface area contributed by atoms with Crippen LogP contribution in [0.2, 0.25) is 0 Å². The second-order valence-electron chi connectivity index (χ2n) is 7.33. The molecule has 0 unspecified atom stereocenters. The fourth-order valence-corrected chi connectivity index (χ4v) is 3.22. The first-order valence-electron chi connectivity index (χ1n) is 9.38. The van der Waals surface area contributed by atoms with E-state index in [9.17, 15) is 9.59 Å². The van der Waals surface area contributed by atoms with Gasteiger partial charge < -0.3 is 24.8 Å². The van der Waals surface area contributed by atoms with Crippen molar-refractivity contribution in [2.75, 3.05) is 46.3 Å². The summed E-state index contributed by atoms with van der Waals surface area (Å²) in [5, 5.41) is 2.95. The number of hydrogen-bond donors (Lipinski definition) is 2. The molecular weight excluding hydrogens is 332 g/mol. The molecule has 1 aliphatic rings. The molecule has 146 valence electrons. The maximum absolute atomic E-state index is 12.5. The van der Waals surface area contributed by atoms with Gasteiger partial charge in [-0.1, -0.05) is 0 Å². The van der Waals surface area contributed by atoms with Crippen molar-refractivity contribution in [3.05, 3.63) is 22.5 Å². The number of likely N-dealkylation sites (N-methyl/N-ethyl adjacent to an activating group) is 1. The van der Waals surface area contributed by atoms with Crippen LogP contribution < -0.4 is 5.32 Å². The lowest BCUT2D eigenvalue weighted by Crippen LogP contribution is -2.45. The number of hydrogen-bond acceptors (Lipinski definition) is 5. The Morgan fingerprint density at radius 1 is 1.19 bits per heavy atom. The van der Waals surface area contributed by atoms with Crippen LogP contribution in [0.1, 0.15) is 52.4 Å². The van der Waals surface area contributed by atoms with Gasteiger partial charge in [-0.05, 0) is 53.3 Å². The highest BCUT2D eigenvalue weighted by molar-refractivity contribution is 6.00. The van der Waals surface area contributed by atoms with Gasteiger partial charge in [0.2, 0.25) is 0 Å². The number of nitrogens with zero attached hydrogens (tertiary/aromatic N) is 2. The summed E-state index contributed by atoms with van der Waals surface area (Å²) < 4.78 is 5.26. The number of rotatable bonds is 7. The summed E-state index contributed by atoms with van der Waals surface area (Å²) >= 11 is 0. The quantitative estimate of drug-likeness (QED) is 0.567. The number of ether oxygens (including phenoxy) is 1. The van der Waals surface area contributed by atoms with Crippen LogP contribution in [0, 0.1) is 13.8 Å². The molecule has 1 saturated heterocycles. The van der Waals surface area contributed by atoms with Crippen LogP contribution in [0.3, 0.4) is 0 Å². The Morgan fingerprint density at radius 2 is 1.85 bits per heavy atom. The highest BCUT2D eigenvalue weighted by Gasteiger charge is 2.23. The summed E-state index contributed by atoms with van der Waals surface area (Å²) in [6, 6.07) is 0. The molecule has 7 nitrogen and oxygen atoms in total. The van der Waals surface area contributed by atoms with E-state index in [1.165, 1.54) is 0 Å². The Bertz CT molecular complexity index is 631. The summed E-state index contributed by atoms with van der Waals surface area (Å²) in [7, 11) is 2.14. The molecule has 2 N–H and O–H groups in total. The number of piperazine rings is 1. The lowest BCUT2D eigenvalue weighted by atomic mass is 10.1. The lowest BCUT2D eigenvalue weighted by Gasteiger charge is -2.32. The van der Waals surface area contributed by atoms with Gasteiger partial charge in [0.05, 0.1) is 11.7 Å². The molecule has 26 heavy (non-hydrogen) atoms. The SMILES string of the molecule is Cc1[nH]c(C(=O)NCCCN2CCN(C)CC2)c(C)c1C(=O)OC(C)C. The average Bonchev–Trinajstić information content (AvgIpc) is 2.87. The van der Waals surface area contributed by atoms with Gasteiger partial charge in [0.15, 0.2) is 0 Å². The molecule has 1 amide bonds. The smallest absolute Gasteiger partial charge is 0.340 e. The van der Waals surface area contributed by atoms with Crippen LogP contribution in [0.5, 0.6) is 0 Å². The minimum Gasteiger partial charge on any atom is -0.459 e. The largest absolute Gasteiger partial charge is 0.459 e. The molecule has 0 radical (unpaired) electrons. The third-order valence-corrected chi connectivity index (χ3v) is 4.74. The van der Waals surface area contributed by atoms with Gasteiger partial charge in [0, 0.05) is 38.4 Å². The van der Waals surface area contributed by atoms with Crippen LogP contribution in [0.25, 0.3) is 0 Å². The van der Waals surface area contributed by atoms with Gasteiger partial charge in [0.1, 0.15) is 5.69 Å². The van der Waals surface area contributed by atoms with E-state index >= 15 is 0 Å². The number of aryl methyl sites for hydroxylation is 1. The summed E-state index contributed by atoms with van der Waals surface area (Å²) in [6.07, 6.45) is 0.722. The standard InChI is InChI=1S/C19H32N4O3/c1-13(2)26-19(25)16-14(3)17(21-15(16)4)18(24)20-7-6-8-23-11-9-22(5)10-12-23/h13,21H,6-12H2,1-5H3,(H,20,24). The van der Waals surface area contributed by atoms with Crippen LogP contribution in [-0.2, 0) is 4.74 Å². The maximum Gasteiger partial charge on any atom is 0.340 e. The number of carbonyl (C=O) groups is 2.